The summed E-state index contributed by atoms with van der Waals surface area (Å²) in [5.74, 6) is -3.59. The van der Waals surface area contributed by atoms with Gasteiger partial charge >= 0.3 is 0 Å². The Hall–Kier alpha value is -2.03. The van der Waals surface area contributed by atoms with Gasteiger partial charge in [-0.25, -0.2) is 8.78 Å². The predicted molar refractivity (Wildman–Crippen MR) is 89.7 cm³/mol. The van der Waals surface area contributed by atoms with Gasteiger partial charge in [0.25, 0.3) is 5.91 Å². The summed E-state index contributed by atoms with van der Waals surface area (Å²) in [6.07, 6.45) is 0.212. The van der Waals surface area contributed by atoms with Crippen LogP contribution in [0.3, 0.4) is 0 Å². The van der Waals surface area contributed by atoms with E-state index in [1.165, 1.54) is 0 Å². The lowest BCUT2D eigenvalue weighted by atomic mass is 10.0. The number of nitrogens with two attached hydrogens (primary N) is 1. The molecule has 0 aliphatic rings. The molecule has 0 unspecified atom stereocenters. The molecule has 23 heavy (non-hydrogen) atoms. The molecular weight excluding hydrogens is 417 g/mol. The van der Waals surface area contributed by atoms with Gasteiger partial charge in [0.05, 0.1) is 0 Å². The minimum atomic E-state index is -1.13. The SMILES string of the molecule is NC(=O)[C@H](Cc1ccccc1I)NC(=O)c1ccc(F)c(F)c1. The molecule has 4 nitrogen and oxygen atoms in total. The van der Waals surface area contributed by atoms with E-state index in [2.05, 4.69) is 27.9 Å². The summed E-state index contributed by atoms with van der Waals surface area (Å²) >= 11 is 2.11. The second kappa shape index (κ2) is 7.49. The molecule has 120 valence electrons. The van der Waals surface area contributed by atoms with E-state index in [0.29, 0.717) is 0 Å². The normalized spacial score (nSPS) is 11.8. The average Bonchev–Trinajstić information content (AvgIpc) is 2.51. The Kier molecular flexibility index (Phi) is 5.64. The molecule has 2 aromatic rings. The molecule has 0 bridgehead atoms. The maximum atomic E-state index is 13.2. The number of rotatable bonds is 5. The second-order valence-corrected chi connectivity index (χ2v) is 6.02. The van der Waals surface area contributed by atoms with E-state index >= 15 is 0 Å². The molecule has 7 heteroatoms. The Labute approximate surface area is 145 Å². The molecule has 0 saturated heterocycles. The molecule has 0 heterocycles. The van der Waals surface area contributed by atoms with Gasteiger partial charge in [-0.15, -0.1) is 0 Å². The number of carbonyl (C=O) groups excluding carboxylic acids is 2. The number of amides is 2. The van der Waals surface area contributed by atoms with Gasteiger partial charge in [0.15, 0.2) is 11.6 Å². The molecule has 3 N–H and O–H groups in total. The Morgan fingerprint density at radius 2 is 1.83 bits per heavy atom. The van der Waals surface area contributed by atoms with Crippen molar-refractivity contribution in [2.75, 3.05) is 0 Å². The highest BCUT2D eigenvalue weighted by Crippen LogP contribution is 2.14. The minimum absolute atomic E-state index is 0.0853. The van der Waals surface area contributed by atoms with E-state index in [9.17, 15) is 18.4 Å². The molecular formula is C16H13F2IN2O2. The van der Waals surface area contributed by atoms with Crippen LogP contribution in [0.25, 0.3) is 0 Å². The van der Waals surface area contributed by atoms with Crippen LogP contribution in [0.5, 0.6) is 0 Å². The van der Waals surface area contributed by atoms with Gasteiger partial charge in [0.2, 0.25) is 5.91 Å². The highest BCUT2D eigenvalue weighted by molar-refractivity contribution is 14.1. The van der Waals surface area contributed by atoms with Crippen LogP contribution in [0.1, 0.15) is 15.9 Å². The maximum Gasteiger partial charge on any atom is 0.252 e. The molecule has 0 spiro atoms. The van der Waals surface area contributed by atoms with Crippen molar-refractivity contribution in [3.63, 3.8) is 0 Å². The van der Waals surface area contributed by atoms with E-state index in [0.717, 1.165) is 27.3 Å². The summed E-state index contributed by atoms with van der Waals surface area (Å²) in [7, 11) is 0. The number of primary amides is 1. The topological polar surface area (TPSA) is 72.2 Å². The molecule has 0 saturated carbocycles. The summed E-state index contributed by atoms with van der Waals surface area (Å²) in [5.41, 5.74) is 6.09. The fourth-order valence-electron chi connectivity index (χ4n) is 1.99. The van der Waals surface area contributed by atoms with Crippen molar-refractivity contribution in [1.82, 2.24) is 5.32 Å². The van der Waals surface area contributed by atoms with Gasteiger partial charge in [-0.1, -0.05) is 18.2 Å². The highest BCUT2D eigenvalue weighted by atomic mass is 127. The third-order valence-electron chi connectivity index (χ3n) is 3.21. The fourth-order valence-corrected chi connectivity index (χ4v) is 2.59. The van der Waals surface area contributed by atoms with Crippen molar-refractivity contribution in [3.05, 3.63) is 68.8 Å². The van der Waals surface area contributed by atoms with E-state index in [-0.39, 0.29) is 12.0 Å². The van der Waals surface area contributed by atoms with Crippen LogP contribution in [0.4, 0.5) is 8.78 Å². The van der Waals surface area contributed by atoms with Gasteiger partial charge in [0, 0.05) is 15.6 Å². The lowest BCUT2D eigenvalue weighted by Gasteiger charge is -2.16. The zero-order chi connectivity index (χ0) is 17.0. The quantitative estimate of drug-likeness (QED) is 0.716. The highest BCUT2D eigenvalue weighted by Gasteiger charge is 2.21. The summed E-state index contributed by atoms with van der Waals surface area (Å²) < 4.78 is 27.0. The summed E-state index contributed by atoms with van der Waals surface area (Å²) in [5, 5.41) is 2.45. The molecule has 0 aliphatic carbocycles. The Morgan fingerprint density at radius 3 is 2.43 bits per heavy atom. The first-order valence-electron chi connectivity index (χ1n) is 6.67. The van der Waals surface area contributed by atoms with Crippen LogP contribution >= 0.6 is 22.6 Å². The van der Waals surface area contributed by atoms with Crippen molar-refractivity contribution in [2.24, 2.45) is 5.73 Å². The maximum absolute atomic E-state index is 13.2. The van der Waals surface area contributed by atoms with Crippen LogP contribution in [-0.4, -0.2) is 17.9 Å². The molecule has 2 rings (SSSR count). The first-order valence-corrected chi connectivity index (χ1v) is 7.75. The largest absolute Gasteiger partial charge is 0.368 e. The minimum Gasteiger partial charge on any atom is -0.368 e. The third kappa shape index (κ3) is 4.47. The van der Waals surface area contributed by atoms with Gasteiger partial charge in [-0.05, 0) is 52.4 Å². The molecule has 2 aromatic carbocycles. The Balaban J connectivity index is 2.16. The zero-order valence-electron chi connectivity index (χ0n) is 11.9. The van der Waals surface area contributed by atoms with Crippen LogP contribution in [0.15, 0.2) is 42.5 Å². The third-order valence-corrected chi connectivity index (χ3v) is 4.26. The van der Waals surface area contributed by atoms with Crippen molar-refractivity contribution in [2.45, 2.75) is 12.5 Å². The Morgan fingerprint density at radius 1 is 1.13 bits per heavy atom. The van der Waals surface area contributed by atoms with E-state index in [1.54, 1.807) is 0 Å². The Bertz CT molecular complexity index is 753. The van der Waals surface area contributed by atoms with Crippen molar-refractivity contribution < 1.29 is 18.4 Å². The lowest BCUT2D eigenvalue weighted by Crippen LogP contribution is -2.46. The summed E-state index contributed by atoms with van der Waals surface area (Å²) in [6.45, 7) is 0. The second-order valence-electron chi connectivity index (χ2n) is 4.85. The number of nitrogens with one attached hydrogen (secondary N) is 1. The predicted octanol–water partition coefficient (Wildman–Crippen LogP) is 2.40. The van der Waals surface area contributed by atoms with Gasteiger partial charge in [-0.3, -0.25) is 9.59 Å². The molecule has 0 aromatic heterocycles. The van der Waals surface area contributed by atoms with E-state index in [4.69, 9.17) is 5.73 Å². The number of benzene rings is 2. The number of hydrogen-bond acceptors (Lipinski definition) is 2. The zero-order valence-corrected chi connectivity index (χ0v) is 14.0. The summed E-state index contributed by atoms with van der Waals surface area (Å²) in [6, 6.07) is 9.16. The average molecular weight is 430 g/mol. The fraction of sp³-hybridized carbons (Fsp3) is 0.125. The molecule has 1 atom stereocenters. The molecule has 0 fully saturated rings. The standard InChI is InChI=1S/C16H13F2IN2O2/c17-11-6-5-10(7-12(11)18)16(23)21-14(15(20)22)8-9-3-1-2-4-13(9)19/h1-7,14H,8H2,(H2,20,22)(H,21,23)/t14-/m0/s1. The van der Waals surface area contributed by atoms with Crippen LogP contribution < -0.4 is 11.1 Å². The molecule has 0 radical (unpaired) electrons. The monoisotopic (exact) mass is 430 g/mol. The number of carbonyl (C=O) groups is 2. The van der Waals surface area contributed by atoms with E-state index < -0.39 is 29.5 Å². The van der Waals surface area contributed by atoms with E-state index in [1.807, 2.05) is 24.3 Å². The van der Waals surface area contributed by atoms with Crippen LogP contribution in [0, 0.1) is 15.2 Å². The van der Waals surface area contributed by atoms with Crippen LogP contribution in [-0.2, 0) is 11.2 Å². The molecule has 2 amide bonds. The van der Waals surface area contributed by atoms with Gasteiger partial charge < -0.3 is 11.1 Å². The van der Waals surface area contributed by atoms with Crippen molar-refractivity contribution in [3.8, 4) is 0 Å². The number of halogens is 3. The first kappa shape index (κ1) is 17.3. The summed E-state index contributed by atoms with van der Waals surface area (Å²) in [4.78, 5) is 23.7. The van der Waals surface area contributed by atoms with Crippen LogP contribution in [0.2, 0.25) is 0 Å². The number of hydrogen-bond donors (Lipinski definition) is 2. The first-order chi connectivity index (χ1) is 10.9. The van der Waals surface area contributed by atoms with Crippen molar-refractivity contribution >= 4 is 34.4 Å². The molecule has 0 aliphatic heterocycles. The smallest absolute Gasteiger partial charge is 0.252 e. The lowest BCUT2D eigenvalue weighted by molar-refractivity contribution is -0.119. The van der Waals surface area contributed by atoms with Gasteiger partial charge in [-0.2, -0.15) is 0 Å². The van der Waals surface area contributed by atoms with Crippen molar-refractivity contribution in [1.29, 1.82) is 0 Å². The van der Waals surface area contributed by atoms with Gasteiger partial charge in [0.1, 0.15) is 6.04 Å².